The second kappa shape index (κ2) is 5.44. The molecule has 0 saturated heterocycles. The molecule has 0 unspecified atom stereocenters. The minimum absolute atomic E-state index is 0.112. The van der Waals surface area contributed by atoms with Crippen molar-refractivity contribution in [2.75, 3.05) is 11.9 Å². The predicted octanol–water partition coefficient (Wildman–Crippen LogP) is 2.86. The Kier molecular flexibility index (Phi) is 3.71. The molecule has 0 aliphatic rings. The molecule has 0 radical (unpaired) electrons. The van der Waals surface area contributed by atoms with Crippen LogP contribution >= 0.6 is 0 Å². The van der Waals surface area contributed by atoms with Crippen molar-refractivity contribution in [3.63, 3.8) is 0 Å². The lowest BCUT2D eigenvalue weighted by molar-refractivity contribution is 0.318. The van der Waals surface area contributed by atoms with Gasteiger partial charge in [-0.25, -0.2) is 0 Å². The summed E-state index contributed by atoms with van der Waals surface area (Å²) in [6.45, 7) is 1.97. The lowest BCUT2D eigenvalue weighted by Crippen LogP contribution is -2.19. The molecule has 2 aromatic carbocycles. The molecule has 3 N–H and O–H groups in total. The van der Waals surface area contributed by atoms with Crippen molar-refractivity contribution in [1.82, 2.24) is 0 Å². The van der Waals surface area contributed by atoms with Gasteiger partial charge in [-0.1, -0.05) is 35.0 Å². The van der Waals surface area contributed by atoms with Gasteiger partial charge in [0.1, 0.15) is 0 Å². The molecule has 0 heterocycles. The lowest BCUT2D eigenvalue weighted by Gasteiger charge is -2.22. The average molecular weight is 255 g/mol. The van der Waals surface area contributed by atoms with E-state index in [0.29, 0.717) is 5.56 Å². The predicted molar refractivity (Wildman–Crippen MR) is 78.2 cm³/mol. The van der Waals surface area contributed by atoms with Crippen LogP contribution in [0.1, 0.15) is 11.1 Å². The molecule has 2 rings (SSSR count). The quantitative estimate of drug-likeness (QED) is 0.384. The third kappa shape index (κ3) is 2.68. The van der Waals surface area contributed by atoms with E-state index in [2.05, 4.69) is 5.16 Å². The molecule has 98 valence electrons. The number of oxime groups is 1. The van der Waals surface area contributed by atoms with Gasteiger partial charge >= 0.3 is 0 Å². The third-order valence-electron chi connectivity index (χ3n) is 3.04. The number of nitrogens with zero attached hydrogens (tertiary/aromatic N) is 2. The highest BCUT2D eigenvalue weighted by atomic mass is 16.4. The van der Waals surface area contributed by atoms with Crippen molar-refractivity contribution in [3.8, 4) is 0 Å². The minimum Gasteiger partial charge on any atom is -0.409 e. The topological polar surface area (TPSA) is 61.8 Å². The number of aryl methyl sites for hydroxylation is 1. The molecule has 0 aliphatic carbocycles. The summed E-state index contributed by atoms with van der Waals surface area (Å²) in [5.41, 5.74) is 9.47. The van der Waals surface area contributed by atoms with Crippen molar-refractivity contribution < 1.29 is 5.21 Å². The number of benzene rings is 2. The maximum atomic E-state index is 8.90. The Morgan fingerprint density at radius 3 is 2.47 bits per heavy atom. The Balaban J connectivity index is 2.50. The van der Waals surface area contributed by atoms with E-state index in [1.807, 2.05) is 67.4 Å². The number of rotatable bonds is 3. The summed E-state index contributed by atoms with van der Waals surface area (Å²) in [6, 6.07) is 15.8. The smallest absolute Gasteiger partial charge is 0.172 e. The first-order valence-corrected chi connectivity index (χ1v) is 6.01. The molecule has 4 nitrogen and oxygen atoms in total. The molecular formula is C15H17N3O. The van der Waals surface area contributed by atoms with Crippen molar-refractivity contribution in [1.29, 1.82) is 0 Å². The van der Waals surface area contributed by atoms with Gasteiger partial charge in [0.2, 0.25) is 0 Å². The summed E-state index contributed by atoms with van der Waals surface area (Å²) < 4.78 is 0. The Morgan fingerprint density at radius 2 is 1.84 bits per heavy atom. The van der Waals surface area contributed by atoms with Crippen molar-refractivity contribution in [2.45, 2.75) is 6.92 Å². The Bertz CT molecular complexity index is 594. The van der Waals surface area contributed by atoms with Gasteiger partial charge in [0, 0.05) is 18.3 Å². The van der Waals surface area contributed by atoms with Gasteiger partial charge in [0.05, 0.1) is 5.69 Å². The second-order valence-corrected chi connectivity index (χ2v) is 4.40. The van der Waals surface area contributed by atoms with Gasteiger partial charge in [0.25, 0.3) is 0 Å². The maximum absolute atomic E-state index is 8.90. The molecule has 4 heteroatoms. The molecule has 0 amide bonds. The number of nitrogens with two attached hydrogens (primary N) is 1. The van der Waals surface area contributed by atoms with E-state index >= 15 is 0 Å². The highest BCUT2D eigenvalue weighted by Gasteiger charge is 2.12. The molecule has 0 atom stereocenters. The fourth-order valence-corrected chi connectivity index (χ4v) is 1.99. The SMILES string of the molecule is Cc1ccc(N(C)c2ccccc2)c(/C(N)=N/O)c1. The van der Waals surface area contributed by atoms with Crippen LogP contribution < -0.4 is 10.6 Å². The summed E-state index contributed by atoms with van der Waals surface area (Å²) in [7, 11) is 1.95. The molecule has 0 bridgehead atoms. The van der Waals surface area contributed by atoms with Crippen LogP contribution in [0, 0.1) is 6.92 Å². The van der Waals surface area contributed by atoms with Crippen molar-refractivity contribution in [3.05, 3.63) is 59.7 Å². The summed E-state index contributed by atoms with van der Waals surface area (Å²) in [4.78, 5) is 2.01. The zero-order chi connectivity index (χ0) is 13.8. The van der Waals surface area contributed by atoms with Gasteiger partial charge in [-0.2, -0.15) is 0 Å². The van der Waals surface area contributed by atoms with Crippen LogP contribution in [0.4, 0.5) is 11.4 Å². The molecule has 2 aromatic rings. The molecule has 0 fully saturated rings. The number of hydrogen-bond donors (Lipinski definition) is 2. The molecule has 0 saturated carbocycles. The van der Waals surface area contributed by atoms with Gasteiger partial charge in [-0.3, -0.25) is 0 Å². The molecular weight excluding hydrogens is 238 g/mol. The van der Waals surface area contributed by atoms with Crippen LogP contribution in [0.5, 0.6) is 0 Å². The monoisotopic (exact) mass is 255 g/mol. The summed E-state index contributed by atoms with van der Waals surface area (Å²) >= 11 is 0. The average Bonchev–Trinajstić information content (AvgIpc) is 2.46. The highest BCUT2D eigenvalue weighted by Crippen LogP contribution is 2.27. The maximum Gasteiger partial charge on any atom is 0.172 e. The molecule has 0 aliphatic heterocycles. The van der Waals surface area contributed by atoms with Gasteiger partial charge < -0.3 is 15.8 Å². The lowest BCUT2D eigenvalue weighted by atomic mass is 10.1. The van der Waals surface area contributed by atoms with E-state index in [4.69, 9.17) is 10.9 Å². The number of anilines is 2. The Hall–Kier alpha value is -2.49. The molecule has 0 aromatic heterocycles. The normalized spacial score (nSPS) is 11.4. The number of amidine groups is 1. The zero-order valence-corrected chi connectivity index (χ0v) is 11.0. The Labute approximate surface area is 112 Å². The summed E-state index contributed by atoms with van der Waals surface area (Å²) in [5, 5.41) is 12.0. The van der Waals surface area contributed by atoms with E-state index in [1.165, 1.54) is 0 Å². The van der Waals surface area contributed by atoms with E-state index in [0.717, 1.165) is 16.9 Å². The van der Waals surface area contributed by atoms with E-state index in [-0.39, 0.29) is 5.84 Å². The van der Waals surface area contributed by atoms with E-state index < -0.39 is 0 Å². The third-order valence-corrected chi connectivity index (χ3v) is 3.04. The first kappa shape index (κ1) is 13.0. The van der Waals surface area contributed by atoms with Crippen molar-refractivity contribution >= 4 is 17.2 Å². The van der Waals surface area contributed by atoms with Crippen LogP contribution in [-0.4, -0.2) is 18.1 Å². The van der Waals surface area contributed by atoms with Crippen LogP contribution in [0.2, 0.25) is 0 Å². The zero-order valence-electron chi connectivity index (χ0n) is 11.0. The highest BCUT2D eigenvalue weighted by molar-refractivity contribution is 6.03. The fraction of sp³-hybridized carbons (Fsp3) is 0.133. The number of hydrogen-bond acceptors (Lipinski definition) is 3. The van der Waals surface area contributed by atoms with Crippen molar-refractivity contribution in [2.24, 2.45) is 10.9 Å². The van der Waals surface area contributed by atoms with E-state index in [1.54, 1.807) is 0 Å². The van der Waals surface area contributed by atoms with Gasteiger partial charge in [0.15, 0.2) is 5.84 Å². The van der Waals surface area contributed by atoms with Crippen LogP contribution in [0.15, 0.2) is 53.7 Å². The fourth-order valence-electron chi connectivity index (χ4n) is 1.99. The largest absolute Gasteiger partial charge is 0.409 e. The molecule has 19 heavy (non-hydrogen) atoms. The van der Waals surface area contributed by atoms with Gasteiger partial charge in [-0.05, 0) is 31.2 Å². The first-order valence-electron chi connectivity index (χ1n) is 6.01. The molecule has 0 spiro atoms. The number of para-hydroxylation sites is 1. The van der Waals surface area contributed by atoms with Crippen LogP contribution in [-0.2, 0) is 0 Å². The summed E-state index contributed by atoms with van der Waals surface area (Å²) in [6.07, 6.45) is 0. The minimum atomic E-state index is 0.112. The Morgan fingerprint density at radius 1 is 1.16 bits per heavy atom. The summed E-state index contributed by atoms with van der Waals surface area (Å²) in [5.74, 6) is 0.112. The standard InChI is InChI=1S/C15H17N3O/c1-11-8-9-14(13(10-11)15(16)17-19)18(2)12-6-4-3-5-7-12/h3-10,19H,1-2H3,(H2,16,17). The van der Waals surface area contributed by atoms with E-state index in [9.17, 15) is 0 Å². The van der Waals surface area contributed by atoms with Crippen LogP contribution in [0.3, 0.4) is 0 Å². The first-order chi connectivity index (χ1) is 9.13. The second-order valence-electron chi connectivity index (χ2n) is 4.40. The van der Waals surface area contributed by atoms with Crippen LogP contribution in [0.25, 0.3) is 0 Å². The van der Waals surface area contributed by atoms with Gasteiger partial charge in [-0.15, -0.1) is 0 Å².